The van der Waals surface area contributed by atoms with Gasteiger partial charge in [-0.15, -0.1) is 0 Å². The predicted octanol–water partition coefficient (Wildman–Crippen LogP) is 1.58. The van der Waals surface area contributed by atoms with Crippen molar-refractivity contribution in [1.29, 1.82) is 0 Å². The molecule has 2 aliphatic carbocycles. The molecule has 2 bridgehead atoms. The van der Waals surface area contributed by atoms with Crippen molar-refractivity contribution in [3.05, 3.63) is 12.2 Å². The van der Waals surface area contributed by atoms with Gasteiger partial charge in [0.15, 0.2) is 0 Å². The summed E-state index contributed by atoms with van der Waals surface area (Å²) in [4.78, 5) is 0. The zero-order chi connectivity index (χ0) is 7.19. The molecular formula is C9H14O. The van der Waals surface area contributed by atoms with Crippen molar-refractivity contribution in [1.82, 2.24) is 0 Å². The third kappa shape index (κ3) is 0.671. The molecule has 1 fully saturated rings. The third-order valence-electron chi connectivity index (χ3n) is 3.16. The zero-order valence-electron chi connectivity index (χ0n) is 6.38. The van der Waals surface area contributed by atoms with Gasteiger partial charge >= 0.3 is 0 Å². The van der Waals surface area contributed by atoms with Crippen LogP contribution in [0.2, 0.25) is 0 Å². The maximum Gasteiger partial charge on any atom is 0.0490 e. The van der Waals surface area contributed by atoms with E-state index in [4.69, 9.17) is 5.11 Å². The van der Waals surface area contributed by atoms with Crippen molar-refractivity contribution in [3.63, 3.8) is 0 Å². The van der Waals surface area contributed by atoms with Crippen LogP contribution in [-0.4, -0.2) is 11.7 Å². The molecule has 0 aromatic heterocycles. The van der Waals surface area contributed by atoms with Gasteiger partial charge < -0.3 is 5.11 Å². The minimum atomic E-state index is 0.222. The molecule has 0 saturated heterocycles. The smallest absolute Gasteiger partial charge is 0.0490 e. The van der Waals surface area contributed by atoms with E-state index in [0.717, 1.165) is 5.92 Å². The molecule has 2 rings (SSSR count). The van der Waals surface area contributed by atoms with Crippen molar-refractivity contribution in [2.75, 3.05) is 6.61 Å². The molecule has 1 nitrogen and oxygen atoms in total. The summed E-state index contributed by atoms with van der Waals surface area (Å²) in [6.45, 7) is 2.56. The molecule has 2 aliphatic rings. The van der Waals surface area contributed by atoms with Gasteiger partial charge in [-0.05, 0) is 30.1 Å². The molecular weight excluding hydrogens is 124 g/mol. The Morgan fingerprint density at radius 1 is 1.60 bits per heavy atom. The number of aliphatic hydroxyl groups excluding tert-OH is 1. The monoisotopic (exact) mass is 138 g/mol. The van der Waals surface area contributed by atoms with E-state index in [9.17, 15) is 0 Å². The minimum Gasteiger partial charge on any atom is -0.396 e. The highest BCUT2D eigenvalue weighted by molar-refractivity contribution is 5.14. The second-order valence-electron chi connectivity index (χ2n) is 4.00. The molecule has 56 valence electrons. The second kappa shape index (κ2) is 1.85. The summed E-state index contributed by atoms with van der Waals surface area (Å²) in [5.74, 6) is 1.45. The number of hydrogen-bond donors (Lipinski definition) is 1. The van der Waals surface area contributed by atoms with Gasteiger partial charge in [-0.25, -0.2) is 0 Å². The normalized spacial score (nSPS) is 50.6. The van der Waals surface area contributed by atoms with Gasteiger partial charge in [-0.3, -0.25) is 0 Å². The van der Waals surface area contributed by atoms with E-state index >= 15 is 0 Å². The van der Waals surface area contributed by atoms with Crippen LogP contribution < -0.4 is 0 Å². The standard InChI is InChI=1S/C9H14O/c1-9(6-10)5-7-2-3-8(9)4-7/h2-3,7-8,10H,4-6H2,1H3/t7-,8-,9+/m0/s1. The van der Waals surface area contributed by atoms with Crippen molar-refractivity contribution < 1.29 is 5.11 Å². The first-order valence-corrected chi connectivity index (χ1v) is 4.04. The molecule has 0 unspecified atom stereocenters. The number of fused-ring (bicyclic) bond motifs is 2. The van der Waals surface area contributed by atoms with Crippen molar-refractivity contribution in [2.24, 2.45) is 17.3 Å². The summed E-state index contributed by atoms with van der Waals surface area (Å²) in [5, 5.41) is 9.11. The summed E-state index contributed by atoms with van der Waals surface area (Å²) in [7, 11) is 0. The van der Waals surface area contributed by atoms with E-state index in [1.807, 2.05) is 0 Å². The molecule has 0 radical (unpaired) electrons. The van der Waals surface area contributed by atoms with Gasteiger partial charge in [0.1, 0.15) is 0 Å². The molecule has 0 heterocycles. The highest BCUT2D eigenvalue weighted by Crippen LogP contribution is 2.51. The van der Waals surface area contributed by atoms with E-state index in [-0.39, 0.29) is 5.41 Å². The second-order valence-corrected chi connectivity index (χ2v) is 4.00. The fourth-order valence-electron chi connectivity index (χ4n) is 2.37. The van der Waals surface area contributed by atoms with E-state index in [2.05, 4.69) is 19.1 Å². The topological polar surface area (TPSA) is 20.2 Å². The van der Waals surface area contributed by atoms with Crippen LogP contribution in [0.5, 0.6) is 0 Å². The molecule has 10 heavy (non-hydrogen) atoms. The average Bonchev–Trinajstić information content (AvgIpc) is 2.46. The Labute approximate surface area is 61.8 Å². The average molecular weight is 138 g/mol. The summed E-state index contributed by atoms with van der Waals surface area (Å²) < 4.78 is 0. The Morgan fingerprint density at radius 2 is 2.40 bits per heavy atom. The number of allylic oxidation sites excluding steroid dienone is 2. The summed E-state index contributed by atoms with van der Waals surface area (Å²) in [6, 6.07) is 0. The Morgan fingerprint density at radius 3 is 2.70 bits per heavy atom. The van der Waals surface area contributed by atoms with Crippen molar-refractivity contribution in [2.45, 2.75) is 19.8 Å². The summed E-state index contributed by atoms with van der Waals surface area (Å²) >= 11 is 0. The molecule has 0 aromatic carbocycles. The van der Waals surface area contributed by atoms with Crippen LogP contribution in [0, 0.1) is 17.3 Å². The quantitative estimate of drug-likeness (QED) is 0.545. The number of aliphatic hydroxyl groups is 1. The Hall–Kier alpha value is -0.300. The Balaban J connectivity index is 2.22. The van der Waals surface area contributed by atoms with E-state index in [1.165, 1.54) is 12.8 Å². The zero-order valence-corrected chi connectivity index (χ0v) is 6.38. The lowest BCUT2D eigenvalue weighted by atomic mass is 9.78. The van der Waals surface area contributed by atoms with Crippen LogP contribution in [0.3, 0.4) is 0 Å². The molecule has 0 amide bonds. The SMILES string of the molecule is C[C@]1(CO)C[C@H]2C=C[C@H]1C2. The largest absolute Gasteiger partial charge is 0.396 e. The van der Waals surface area contributed by atoms with E-state index in [0.29, 0.717) is 12.5 Å². The summed E-state index contributed by atoms with van der Waals surface area (Å²) in [6.07, 6.45) is 7.08. The van der Waals surface area contributed by atoms with Crippen LogP contribution >= 0.6 is 0 Å². The fourth-order valence-corrected chi connectivity index (χ4v) is 2.37. The Bertz CT molecular complexity index is 174. The van der Waals surface area contributed by atoms with Gasteiger partial charge in [-0.2, -0.15) is 0 Å². The first-order chi connectivity index (χ1) is 4.74. The van der Waals surface area contributed by atoms with Crippen molar-refractivity contribution in [3.8, 4) is 0 Å². The third-order valence-corrected chi connectivity index (χ3v) is 3.16. The first kappa shape index (κ1) is 6.41. The van der Waals surface area contributed by atoms with Crippen LogP contribution in [0.1, 0.15) is 19.8 Å². The molecule has 0 spiro atoms. The predicted molar refractivity (Wildman–Crippen MR) is 40.5 cm³/mol. The molecule has 0 aromatic rings. The maximum absolute atomic E-state index is 9.11. The van der Waals surface area contributed by atoms with Crippen molar-refractivity contribution >= 4 is 0 Å². The van der Waals surface area contributed by atoms with Gasteiger partial charge in [0.05, 0.1) is 0 Å². The lowest BCUT2D eigenvalue weighted by Gasteiger charge is -2.28. The molecule has 0 aliphatic heterocycles. The van der Waals surface area contributed by atoms with Crippen LogP contribution in [-0.2, 0) is 0 Å². The maximum atomic E-state index is 9.11. The highest BCUT2D eigenvalue weighted by Gasteiger charge is 2.44. The lowest BCUT2D eigenvalue weighted by Crippen LogP contribution is -2.25. The lowest BCUT2D eigenvalue weighted by molar-refractivity contribution is 0.116. The van der Waals surface area contributed by atoms with Gasteiger partial charge in [0.25, 0.3) is 0 Å². The van der Waals surface area contributed by atoms with Gasteiger partial charge in [-0.1, -0.05) is 19.1 Å². The molecule has 3 atom stereocenters. The fraction of sp³-hybridized carbons (Fsp3) is 0.778. The van der Waals surface area contributed by atoms with E-state index < -0.39 is 0 Å². The molecule has 1 N–H and O–H groups in total. The van der Waals surface area contributed by atoms with Crippen LogP contribution in [0.15, 0.2) is 12.2 Å². The van der Waals surface area contributed by atoms with E-state index in [1.54, 1.807) is 0 Å². The van der Waals surface area contributed by atoms with Gasteiger partial charge in [0.2, 0.25) is 0 Å². The number of rotatable bonds is 1. The minimum absolute atomic E-state index is 0.222. The summed E-state index contributed by atoms with van der Waals surface area (Å²) in [5.41, 5.74) is 0.222. The van der Waals surface area contributed by atoms with Crippen LogP contribution in [0.25, 0.3) is 0 Å². The first-order valence-electron chi connectivity index (χ1n) is 4.04. The van der Waals surface area contributed by atoms with Gasteiger partial charge in [0, 0.05) is 6.61 Å². The molecule has 1 heteroatoms. The molecule has 1 saturated carbocycles. The number of hydrogen-bond acceptors (Lipinski definition) is 1. The van der Waals surface area contributed by atoms with Crippen LogP contribution in [0.4, 0.5) is 0 Å². The highest BCUT2D eigenvalue weighted by atomic mass is 16.3. The Kier molecular flexibility index (Phi) is 1.19.